The smallest absolute Gasteiger partial charge is 0.272 e. The molecule has 0 aliphatic carbocycles. The van der Waals surface area contributed by atoms with Gasteiger partial charge in [-0.2, -0.15) is 0 Å². The lowest BCUT2D eigenvalue weighted by atomic mass is 10.1. The van der Waals surface area contributed by atoms with Gasteiger partial charge in [0.25, 0.3) is 11.8 Å². The molecule has 0 radical (unpaired) electrons. The first-order chi connectivity index (χ1) is 21.2. The average molecular weight is 622 g/mol. The fourth-order valence-corrected chi connectivity index (χ4v) is 5.96. The summed E-state index contributed by atoms with van der Waals surface area (Å²) in [5.41, 5.74) is 4.83. The van der Waals surface area contributed by atoms with Gasteiger partial charge in [0.05, 0.1) is 16.0 Å². The van der Waals surface area contributed by atoms with Crippen molar-refractivity contribution in [3.8, 4) is 0 Å². The molecule has 0 aliphatic rings. The minimum atomic E-state index is -0.475. The van der Waals surface area contributed by atoms with Gasteiger partial charge in [0.15, 0.2) is 5.13 Å². The van der Waals surface area contributed by atoms with Crippen molar-refractivity contribution in [3.05, 3.63) is 119 Å². The predicted octanol–water partition coefficient (Wildman–Crippen LogP) is 6.81. The van der Waals surface area contributed by atoms with E-state index < -0.39 is 11.8 Å². The molecule has 0 unspecified atom stereocenters. The number of hydrogen-bond acceptors (Lipinski definition) is 7. The fourth-order valence-electron chi connectivity index (χ4n) is 4.23. The van der Waals surface area contributed by atoms with Crippen molar-refractivity contribution in [2.75, 3.05) is 35.4 Å². The quantitative estimate of drug-likeness (QED) is 0.117. The first-order valence-electron chi connectivity index (χ1n) is 13.8. The van der Waals surface area contributed by atoms with Crippen LogP contribution in [0.25, 0.3) is 16.3 Å². The van der Waals surface area contributed by atoms with Crippen molar-refractivity contribution >= 4 is 73.6 Å². The van der Waals surface area contributed by atoms with Gasteiger partial charge >= 0.3 is 0 Å². The Labute approximate surface area is 264 Å². The molecule has 0 spiro atoms. The summed E-state index contributed by atoms with van der Waals surface area (Å²) in [4.78, 5) is 46.3. The first-order valence-corrected chi connectivity index (χ1v) is 15.6. The van der Waals surface area contributed by atoms with E-state index in [0.717, 1.165) is 31.9 Å². The maximum atomic E-state index is 13.5. The molecule has 0 atom stereocenters. The Hall–Kier alpha value is -4.93. The van der Waals surface area contributed by atoms with E-state index in [1.165, 1.54) is 23.1 Å². The van der Waals surface area contributed by atoms with E-state index in [1.54, 1.807) is 48.5 Å². The summed E-state index contributed by atoms with van der Waals surface area (Å²) in [7, 11) is 3.90. The fraction of sp³-hybridized carbons (Fsp3) is 0.118. The summed E-state index contributed by atoms with van der Waals surface area (Å²) in [6.45, 7) is 2.02. The van der Waals surface area contributed by atoms with Crippen molar-refractivity contribution in [2.24, 2.45) is 0 Å². The first kappa shape index (κ1) is 30.5. The lowest BCUT2D eigenvalue weighted by molar-refractivity contribution is -0.114. The van der Waals surface area contributed by atoms with Crippen LogP contribution in [0, 0.1) is 6.92 Å². The molecule has 1 aromatic heterocycles. The van der Waals surface area contributed by atoms with Crippen LogP contribution in [0.1, 0.15) is 21.5 Å². The molecular weight excluding hydrogens is 591 g/mol. The molecule has 5 aromatic rings. The maximum Gasteiger partial charge on any atom is 0.272 e. The van der Waals surface area contributed by atoms with Gasteiger partial charge in [-0.1, -0.05) is 53.8 Å². The van der Waals surface area contributed by atoms with Crippen LogP contribution in [-0.4, -0.2) is 42.6 Å². The molecule has 0 aliphatic heterocycles. The van der Waals surface area contributed by atoms with Gasteiger partial charge < -0.3 is 20.9 Å². The summed E-state index contributed by atoms with van der Waals surface area (Å²) >= 11 is 2.79. The molecule has 1 heterocycles. The Morgan fingerprint density at radius 1 is 0.886 bits per heavy atom. The number of nitrogens with zero attached hydrogens (tertiary/aromatic N) is 2. The predicted molar refractivity (Wildman–Crippen MR) is 181 cm³/mol. The molecule has 0 bridgehead atoms. The van der Waals surface area contributed by atoms with Crippen LogP contribution in [0.3, 0.4) is 0 Å². The van der Waals surface area contributed by atoms with E-state index in [-0.39, 0.29) is 17.4 Å². The number of anilines is 3. The number of carbonyl (C=O) groups excluding carboxylic acids is 3. The second-order valence-corrected chi connectivity index (χ2v) is 12.3. The van der Waals surface area contributed by atoms with Gasteiger partial charge in [-0.25, -0.2) is 4.98 Å². The third-order valence-corrected chi connectivity index (χ3v) is 8.43. The number of thiazole rings is 1. The highest BCUT2D eigenvalue weighted by Crippen LogP contribution is 2.28. The van der Waals surface area contributed by atoms with Gasteiger partial charge in [0.1, 0.15) is 5.70 Å². The number of amides is 3. The number of thioether (sulfide) groups is 1. The molecule has 0 fully saturated rings. The van der Waals surface area contributed by atoms with Crippen molar-refractivity contribution in [1.29, 1.82) is 0 Å². The monoisotopic (exact) mass is 621 g/mol. The van der Waals surface area contributed by atoms with Crippen LogP contribution in [0.5, 0.6) is 0 Å². The molecule has 3 amide bonds. The normalized spacial score (nSPS) is 11.2. The summed E-state index contributed by atoms with van der Waals surface area (Å²) in [5.74, 6) is -0.866. The van der Waals surface area contributed by atoms with E-state index in [0.29, 0.717) is 16.4 Å². The van der Waals surface area contributed by atoms with Gasteiger partial charge in [-0.05, 0) is 78.7 Å². The van der Waals surface area contributed by atoms with Gasteiger partial charge in [0, 0.05) is 35.9 Å². The Kier molecular flexibility index (Phi) is 9.73. The number of aryl methyl sites for hydroxylation is 1. The molecule has 44 heavy (non-hydrogen) atoms. The largest absolute Gasteiger partial charge is 0.378 e. The van der Waals surface area contributed by atoms with Crippen LogP contribution in [0.4, 0.5) is 16.5 Å². The number of carbonyl (C=O) groups is 3. The zero-order valence-electron chi connectivity index (χ0n) is 24.5. The lowest BCUT2D eigenvalue weighted by Crippen LogP contribution is -2.30. The van der Waals surface area contributed by atoms with E-state index in [1.807, 2.05) is 80.5 Å². The van der Waals surface area contributed by atoms with Crippen molar-refractivity contribution < 1.29 is 14.4 Å². The Bertz CT molecular complexity index is 1830. The van der Waals surface area contributed by atoms with Crippen LogP contribution in [0.2, 0.25) is 0 Å². The Balaban J connectivity index is 1.26. The van der Waals surface area contributed by atoms with Crippen LogP contribution < -0.4 is 20.9 Å². The van der Waals surface area contributed by atoms with E-state index >= 15 is 0 Å². The van der Waals surface area contributed by atoms with Gasteiger partial charge in [-0.15, -0.1) is 11.8 Å². The number of fused-ring (bicyclic) bond motifs is 1. The molecular formula is C34H31N5O3S2. The average Bonchev–Trinajstić information content (AvgIpc) is 3.41. The van der Waals surface area contributed by atoms with E-state index in [2.05, 4.69) is 20.9 Å². The summed E-state index contributed by atoms with van der Waals surface area (Å²) < 4.78 is 1.02. The number of benzene rings is 4. The molecule has 4 aromatic carbocycles. The summed E-state index contributed by atoms with van der Waals surface area (Å²) in [5, 5.41) is 9.09. The number of aromatic nitrogens is 1. The summed E-state index contributed by atoms with van der Waals surface area (Å²) in [6, 6.07) is 29.6. The number of nitrogens with one attached hydrogen (secondary N) is 3. The number of hydrogen-bond donors (Lipinski definition) is 3. The van der Waals surface area contributed by atoms with Crippen molar-refractivity contribution in [1.82, 2.24) is 10.3 Å². The van der Waals surface area contributed by atoms with Crippen LogP contribution >= 0.6 is 23.1 Å². The molecule has 0 saturated heterocycles. The topological polar surface area (TPSA) is 103 Å². The van der Waals surface area contributed by atoms with Gasteiger partial charge in [0.2, 0.25) is 5.91 Å². The highest BCUT2D eigenvalue weighted by atomic mass is 32.2. The third kappa shape index (κ3) is 8.12. The Morgan fingerprint density at radius 3 is 2.41 bits per heavy atom. The van der Waals surface area contributed by atoms with Crippen LogP contribution in [-0.2, 0) is 9.59 Å². The highest BCUT2D eigenvalue weighted by Gasteiger charge is 2.16. The molecule has 5 rings (SSSR count). The van der Waals surface area contributed by atoms with Gasteiger partial charge in [-0.3, -0.25) is 14.4 Å². The van der Waals surface area contributed by atoms with Crippen LogP contribution in [0.15, 0.2) is 108 Å². The summed E-state index contributed by atoms with van der Waals surface area (Å²) in [6.07, 6.45) is 1.64. The maximum absolute atomic E-state index is 13.5. The second kappa shape index (κ2) is 14.0. The molecule has 222 valence electrons. The molecule has 3 N–H and O–H groups in total. The van der Waals surface area contributed by atoms with Crippen molar-refractivity contribution in [2.45, 2.75) is 11.8 Å². The second-order valence-electron chi connectivity index (χ2n) is 10.2. The zero-order valence-corrected chi connectivity index (χ0v) is 26.1. The minimum Gasteiger partial charge on any atom is -0.378 e. The highest BCUT2D eigenvalue weighted by molar-refractivity contribution is 8.00. The molecule has 8 nitrogen and oxygen atoms in total. The SMILES string of the molecule is Cc1ccc2nc(NC(=O)CSc3cccc(NC(=O)/C(=C\c4ccc(N(C)C)cc4)NC(=O)c4ccccc4)c3)sc2c1. The van der Waals surface area contributed by atoms with E-state index in [9.17, 15) is 14.4 Å². The van der Waals surface area contributed by atoms with Crippen molar-refractivity contribution in [3.63, 3.8) is 0 Å². The zero-order chi connectivity index (χ0) is 31.1. The molecule has 0 saturated carbocycles. The molecule has 10 heteroatoms. The van der Waals surface area contributed by atoms with E-state index in [4.69, 9.17) is 0 Å². The number of rotatable bonds is 10. The standard InChI is InChI=1S/C34H31N5O3S2/c1-22-12-17-28-30(18-22)44-34(37-28)38-31(40)21-43-27-11-7-10-25(20-27)35-33(42)29(36-32(41)24-8-5-4-6-9-24)19-23-13-15-26(16-14-23)39(2)3/h4-20H,21H2,1-3H3,(H,35,42)(H,36,41)(H,37,38,40)/b29-19+. The lowest BCUT2D eigenvalue weighted by Gasteiger charge is -2.14. The Morgan fingerprint density at radius 2 is 1.66 bits per heavy atom. The third-order valence-electron chi connectivity index (χ3n) is 6.50. The minimum absolute atomic E-state index is 0.0971.